The Morgan fingerprint density at radius 3 is 2.68 bits per heavy atom. The molecule has 0 aliphatic carbocycles. The smallest absolute Gasteiger partial charge is 0.248 e. The number of aliphatic imine (C=N–C) groups is 1. The van der Waals surface area contributed by atoms with Crippen molar-refractivity contribution >= 4 is 11.7 Å². The van der Waals surface area contributed by atoms with Crippen LogP contribution in [0.5, 0.6) is 0 Å². The molecule has 0 aromatic heterocycles. The average molecular weight is 341 g/mol. The zero-order chi connectivity index (χ0) is 18.0. The summed E-state index contributed by atoms with van der Waals surface area (Å²) in [5.74, 6) is -0.797. The number of nitrogens with two attached hydrogens (primary N) is 2. The maximum Gasteiger partial charge on any atom is 0.248 e. The van der Waals surface area contributed by atoms with Crippen molar-refractivity contribution in [3.05, 3.63) is 71.0 Å². The van der Waals surface area contributed by atoms with Crippen LogP contribution in [0.3, 0.4) is 0 Å². The van der Waals surface area contributed by atoms with Crippen molar-refractivity contribution in [1.82, 2.24) is 0 Å². The molecule has 0 saturated heterocycles. The molecule has 2 atom stereocenters. The maximum absolute atomic E-state index is 14.5. The summed E-state index contributed by atoms with van der Waals surface area (Å²) in [7, 11) is 0. The summed E-state index contributed by atoms with van der Waals surface area (Å²) in [6.07, 6.45) is 0.0873. The highest BCUT2D eigenvalue weighted by Gasteiger charge is 2.36. The third kappa shape index (κ3) is 3.53. The third-order valence-electron chi connectivity index (χ3n) is 4.41. The number of hydrogen-bond donors (Lipinski definition) is 2. The number of amidine groups is 1. The van der Waals surface area contributed by atoms with E-state index in [1.807, 2.05) is 30.3 Å². The molecule has 0 fully saturated rings. The van der Waals surface area contributed by atoms with E-state index >= 15 is 0 Å². The number of benzene rings is 2. The molecule has 0 radical (unpaired) electrons. The molecule has 0 saturated carbocycles. The van der Waals surface area contributed by atoms with Gasteiger partial charge in [-0.25, -0.2) is 4.39 Å². The van der Waals surface area contributed by atoms with Crippen LogP contribution in [0.1, 0.15) is 40.9 Å². The van der Waals surface area contributed by atoms with Crippen LogP contribution in [0.4, 0.5) is 4.39 Å². The van der Waals surface area contributed by atoms with Gasteiger partial charge in [0.2, 0.25) is 5.91 Å². The Labute approximate surface area is 145 Å². The monoisotopic (exact) mass is 341 g/mol. The zero-order valence-electron chi connectivity index (χ0n) is 13.9. The molecule has 1 amide bonds. The summed E-state index contributed by atoms with van der Waals surface area (Å²) in [6.45, 7) is 1.94. The summed E-state index contributed by atoms with van der Waals surface area (Å²) >= 11 is 0. The standard InChI is InChI=1S/C19H20FN3O2/c1-19(14-9-13(18(22)24)7-8-15(14)20)10-16(25-11-17(21)23-19)12-5-3-2-4-6-12/h2-9,16H,10-11H2,1H3,(H2,21,23)(H2,22,24). The zero-order valence-corrected chi connectivity index (χ0v) is 13.9. The number of rotatable bonds is 3. The van der Waals surface area contributed by atoms with Crippen molar-refractivity contribution < 1.29 is 13.9 Å². The topological polar surface area (TPSA) is 90.7 Å². The normalized spacial score (nSPS) is 23.6. The molecule has 4 N–H and O–H groups in total. The molecule has 0 bridgehead atoms. The Kier molecular flexibility index (Phi) is 4.55. The molecule has 130 valence electrons. The largest absolute Gasteiger partial charge is 0.386 e. The van der Waals surface area contributed by atoms with Crippen LogP contribution < -0.4 is 11.5 Å². The molecule has 2 aromatic rings. The quantitative estimate of drug-likeness (QED) is 0.899. The molecule has 1 heterocycles. The number of amides is 1. The fourth-order valence-electron chi connectivity index (χ4n) is 3.14. The molecule has 1 aliphatic heterocycles. The average Bonchev–Trinajstić information content (AvgIpc) is 2.74. The van der Waals surface area contributed by atoms with Crippen molar-refractivity contribution in [2.24, 2.45) is 16.5 Å². The van der Waals surface area contributed by atoms with Crippen LogP contribution in [0.25, 0.3) is 0 Å². The third-order valence-corrected chi connectivity index (χ3v) is 4.41. The highest BCUT2D eigenvalue weighted by molar-refractivity contribution is 5.93. The fraction of sp³-hybridized carbons (Fsp3) is 0.263. The van der Waals surface area contributed by atoms with Crippen molar-refractivity contribution in [2.45, 2.75) is 25.0 Å². The van der Waals surface area contributed by atoms with Gasteiger partial charge in [-0.2, -0.15) is 0 Å². The number of nitrogens with zero attached hydrogens (tertiary/aromatic N) is 1. The molecule has 3 rings (SSSR count). The van der Waals surface area contributed by atoms with E-state index in [0.717, 1.165) is 5.56 Å². The van der Waals surface area contributed by atoms with Gasteiger partial charge in [0.25, 0.3) is 0 Å². The molecule has 6 heteroatoms. The van der Waals surface area contributed by atoms with Gasteiger partial charge in [-0.05, 0) is 30.7 Å². The number of carbonyl (C=O) groups is 1. The molecule has 5 nitrogen and oxygen atoms in total. The van der Waals surface area contributed by atoms with E-state index in [1.165, 1.54) is 18.2 Å². The number of hydrogen-bond acceptors (Lipinski definition) is 4. The first-order valence-electron chi connectivity index (χ1n) is 7.99. The Hall–Kier alpha value is -2.73. The predicted octanol–water partition coefficient (Wildman–Crippen LogP) is 2.66. The van der Waals surface area contributed by atoms with Gasteiger partial charge in [-0.1, -0.05) is 30.3 Å². The lowest BCUT2D eigenvalue weighted by Crippen LogP contribution is -2.26. The van der Waals surface area contributed by atoms with Crippen LogP contribution in [-0.4, -0.2) is 18.3 Å². The summed E-state index contributed by atoms with van der Waals surface area (Å²) in [5.41, 5.74) is 11.8. The van der Waals surface area contributed by atoms with Gasteiger partial charge in [0, 0.05) is 17.5 Å². The minimum atomic E-state index is -0.976. The van der Waals surface area contributed by atoms with Crippen LogP contribution in [0.15, 0.2) is 53.5 Å². The number of halogens is 1. The van der Waals surface area contributed by atoms with Crippen LogP contribution in [-0.2, 0) is 10.3 Å². The van der Waals surface area contributed by atoms with E-state index in [1.54, 1.807) is 6.92 Å². The SMILES string of the molecule is CC1(c2cc(C(N)=O)ccc2F)CC(c2ccccc2)OCC(N)=N1. The summed E-state index contributed by atoms with van der Waals surface area (Å²) in [4.78, 5) is 16.0. The van der Waals surface area contributed by atoms with Crippen molar-refractivity contribution in [3.8, 4) is 0 Å². The van der Waals surface area contributed by atoms with E-state index < -0.39 is 17.3 Å². The Morgan fingerprint density at radius 2 is 2.00 bits per heavy atom. The molecule has 2 aromatic carbocycles. The van der Waals surface area contributed by atoms with Gasteiger partial charge in [0.1, 0.15) is 18.3 Å². The summed E-state index contributed by atoms with van der Waals surface area (Å²) in [5, 5.41) is 0. The van der Waals surface area contributed by atoms with Gasteiger partial charge in [0.15, 0.2) is 0 Å². The predicted molar refractivity (Wildman–Crippen MR) is 93.6 cm³/mol. The highest BCUT2D eigenvalue weighted by Crippen LogP contribution is 2.40. The van der Waals surface area contributed by atoms with E-state index in [-0.39, 0.29) is 29.7 Å². The second-order valence-corrected chi connectivity index (χ2v) is 6.35. The van der Waals surface area contributed by atoms with Crippen LogP contribution >= 0.6 is 0 Å². The number of ether oxygens (including phenoxy) is 1. The summed E-state index contributed by atoms with van der Waals surface area (Å²) < 4.78 is 20.4. The van der Waals surface area contributed by atoms with E-state index in [0.29, 0.717) is 6.42 Å². The van der Waals surface area contributed by atoms with Crippen molar-refractivity contribution in [1.29, 1.82) is 0 Å². The lowest BCUT2D eigenvalue weighted by atomic mass is 9.84. The highest BCUT2D eigenvalue weighted by atomic mass is 19.1. The van der Waals surface area contributed by atoms with Crippen molar-refractivity contribution in [2.75, 3.05) is 6.61 Å². The van der Waals surface area contributed by atoms with Gasteiger partial charge < -0.3 is 16.2 Å². The molecular formula is C19H20FN3O2. The minimum Gasteiger partial charge on any atom is -0.386 e. The van der Waals surface area contributed by atoms with E-state index in [9.17, 15) is 9.18 Å². The Balaban J connectivity index is 2.06. The van der Waals surface area contributed by atoms with E-state index in [2.05, 4.69) is 4.99 Å². The lowest BCUT2D eigenvalue weighted by molar-refractivity contribution is 0.0647. The lowest BCUT2D eigenvalue weighted by Gasteiger charge is -2.29. The van der Waals surface area contributed by atoms with Crippen molar-refractivity contribution in [3.63, 3.8) is 0 Å². The fourth-order valence-corrected chi connectivity index (χ4v) is 3.14. The first-order valence-corrected chi connectivity index (χ1v) is 7.99. The first-order chi connectivity index (χ1) is 11.9. The molecule has 2 unspecified atom stereocenters. The van der Waals surface area contributed by atoms with Crippen LogP contribution in [0, 0.1) is 5.82 Å². The summed E-state index contributed by atoms with van der Waals surface area (Å²) in [6, 6.07) is 13.7. The van der Waals surface area contributed by atoms with E-state index in [4.69, 9.17) is 16.2 Å². The Bertz CT molecular complexity index is 823. The molecule has 25 heavy (non-hydrogen) atoms. The van der Waals surface area contributed by atoms with Gasteiger partial charge >= 0.3 is 0 Å². The van der Waals surface area contributed by atoms with Gasteiger partial charge in [-0.3, -0.25) is 9.79 Å². The number of carbonyl (C=O) groups excluding carboxylic acids is 1. The van der Waals surface area contributed by atoms with Crippen LogP contribution in [0.2, 0.25) is 0 Å². The Morgan fingerprint density at radius 1 is 1.28 bits per heavy atom. The maximum atomic E-state index is 14.5. The minimum absolute atomic E-state index is 0.159. The molecule has 1 aliphatic rings. The molecule has 0 spiro atoms. The first kappa shape index (κ1) is 17.1. The second kappa shape index (κ2) is 6.64. The number of primary amides is 1. The van der Waals surface area contributed by atoms with Gasteiger partial charge in [0.05, 0.1) is 11.6 Å². The molecular weight excluding hydrogens is 321 g/mol. The second-order valence-electron chi connectivity index (χ2n) is 6.35. The van der Waals surface area contributed by atoms with Gasteiger partial charge in [-0.15, -0.1) is 0 Å².